The van der Waals surface area contributed by atoms with Crippen molar-refractivity contribution in [3.8, 4) is 0 Å². The summed E-state index contributed by atoms with van der Waals surface area (Å²) in [4.78, 5) is 141. The molecule has 0 unspecified atom stereocenters. The van der Waals surface area contributed by atoms with E-state index in [-0.39, 0.29) is 51.0 Å². The number of unbranched alkanes of at least 4 members (excludes halogenated alkanes) is 1. The molecule has 0 aliphatic rings. The molecule has 14 N–H and O–H groups in total. The van der Waals surface area contributed by atoms with E-state index in [0.717, 1.165) is 38.3 Å². The monoisotopic (exact) mass is 1070 g/mol. The first-order valence-corrected chi connectivity index (χ1v) is 25.7. The lowest BCUT2D eigenvalue weighted by Crippen LogP contribution is -2.59. The maximum atomic E-state index is 14.1. The Morgan fingerprint density at radius 1 is 0.526 bits per heavy atom. The number of aromatic nitrogens is 3. The van der Waals surface area contributed by atoms with Gasteiger partial charge in [0.25, 0.3) is 0 Å². The maximum absolute atomic E-state index is 14.1. The number of benzene rings is 3. The van der Waals surface area contributed by atoms with Crippen LogP contribution in [0, 0.1) is 5.92 Å². The van der Waals surface area contributed by atoms with Crippen molar-refractivity contribution in [2.24, 2.45) is 11.7 Å². The van der Waals surface area contributed by atoms with Crippen molar-refractivity contribution in [3.05, 3.63) is 108 Å². The van der Waals surface area contributed by atoms with Gasteiger partial charge in [-0.25, -0.2) is 0 Å². The molecule has 0 fully saturated rings. The highest BCUT2D eigenvalue weighted by molar-refractivity contribution is 5.98. The predicted molar refractivity (Wildman–Crippen MR) is 288 cm³/mol. The minimum atomic E-state index is -1.84. The van der Waals surface area contributed by atoms with E-state index in [4.69, 9.17) is 5.73 Å². The van der Waals surface area contributed by atoms with Crippen molar-refractivity contribution >= 4 is 91.9 Å². The van der Waals surface area contributed by atoms with Crippen LogP contribution < -0.4 is 43.0 Å². The molecule has 23 nitrogen and oxygen atoms in total. The van der Waals surface area contributed by atoms with E-state index in [1.165, 1.54) is 6.92 Å². The van der Waals surface area contributed by atoms with E-state index >= 15 is 0 Å². The normalized spacial score (nSPS) is 13.9. The molecule has 6 aromatic rings. The van der Waals surface area contributed by atoms with Crippen LogP contribution >= 0.6 is 0 Å². The van der Waals surface area contributed by atoms with E-state index in [9.17, 15) is 58.2 Å². The fraction of sp³-hybridized carbons (Fsp3) is 0.382. The third kappa shape index (κ3) is 16.2. The number of hydrogen-bond donors (Lipinski definition) is 13. The Kier molecular flexibility index (Phi) is 20.7. The molecule has 3 aromatic heterocycles. The lowest BCUT2D eigenvalue weighted by Gasteiger charge is -2.26. The van der Waals surface area contributed by atoms with E-state index in [1.54, 1.807) is 49.8 Å². The average Bonchev–Trinajstić information content (AvgIpc) is 4.14. The molecule has 3 aromatic carbocycles. The number of aliphatic carboxylic acids is 2. The second kappa shape index (κ2) is 27.7. The Hall–Kier alpha value is -9.02. The molecule has 0 spiro atoms. The first-order chi connectivity index (χ1) is 37.3. The second-order valence-electron chi connectivity index (χ2n) is 19.3. The van der Waals surface area contributed by atoms with Gasteiger partial charge in [0.2, 0.25) is 47.3 Å². The van der Waals surface area contributed by atoms with Crippen LogP contribution in [-0.4, -0.2) is 127 Å². The van der Waals surface area contributed by atoms with Gasteiger partial charge in [-0.3, -0.25) is 47.9 Å². The van der Waals surface area contributed by atoms with Gasteiger partial charge in [0.05, 0.1) is 6.42 Å². The van der Waals surface area contributed by atoms with Crippen LogP contribution in [0.25, 0.3) is 32.7 Å². The molecule has 6 rings (SSSR count). The van der Waals surface area contributed by atoms with Gasteiger partial charge in [-0.1, -0.05) is 74.9 Å². The number of H-pyrrole nitrogens is 3. The molecule has 0 aliphatic carbocycles. The van der Waals surface area contributed by atoms with Gasteiger partial charge in [0, 0.05) is 96.9 Å². The van der Waals surface area contributed by atoms with Crippen LogP contribution in [0.4, 0.5) is 0 Å². The van der Waals surface area contributed by atoms with Crippen LogP contribution in [0.2, 0.25) is 0 Å². The quantitative estimate of drug-likeness (QED) is 0.0289. The highest BCUT2D eigenvalue weighted by atomic mass is 16.4. The zero-order valence-corrected chi connectivity index (χ0v) is 43.5. The van der Waals surface area contributed by atoms with E-state index < -0.39 is 115 Å². The van der Waals surface area contributed by atoms with E-state index in [2.05, 4.69) is 52.2 Å². The lowest BCUT2D eigenvalue weighted by atomic mass is 9.97. The predicted octanol–water partition coefficient (Wildman–Crippen LogP) is 2.24. The highest BCUT2D eigenvalue weighted by Crippen LogP contribution is 2.22. The summed E-state index contributed by atoms with van der Waals surface area (Å²) in [5.74, 6) is -9.19. The maximum Gasteiger partial charge on any atom is 0.305 e. The zero-order valence-electron chi connectivity index (χ0n) is 43.5. The van der Waals surface area contributed by atoms with Crippen LogP contribution in [0.1, 0.15) is 82.4 Å². The molecule has 3 heterocycles. The molecular formula is C55H67N11O12. The van der Waals surface area contributed by atoms with Gasteiger partial charge in [0.1, 0.15) is 36.3 Å². The fourth-order valence-electron chi connectivity index (χ4n) is 9.17. The van der Waals surface area contributed by atoms with Crippen molar-refractivity contribution in [2.75, 3.05) is 6.54 Å². The van der Waals surface area contributed by atoms with Crippen LogP contribution in [0.3, 0.4) is 0 Å². The second-order valence-corrected chi connectivity index (χ2v) is 19.3. The number of rotatable bonds is 30. The summed E-state index contributed by atoms with van der Waals surface area (Å²) < 4.78 is 0. The summed E-state index contributed by atoms with van der Waals surface area (Å²) in [5, 5.41) is 40.1. The first kappa shape index (κ1) is 58.2. The van der Waals surface area contributed by atoms with E-state index in [0.29, 0.717) is 17.5 Å². The number of nitrogens with one attached hydrogen (secondary N) is 10. The minimum Gasteiger partial charge on any atom is -0.481 e. The molecular weight excluding hydrogens is 1010 g/mol. The Morgan fingerprint density at radius 2 is 0.962 bits per heavy atom. The third-order valence-electron chi connectivity index (χ3n) is 13.5. The summed E-state index contributed by atoms with van der Waals surface area (Å²) in [6.07, 6.45) is 3.93. The standard InChI is InChI=1S/C55H67N11O12/c1-4-30(2)49(50(56)73)66-55(78)44(25-34-29-60-40-18-10-7-15-37(34)40)62-46(68)19-11-12-22-57-51(74)42(23-32-27-58-38-16-8-5-13-35(32)38)64-54(77)45(26-48(71)72)65-52(75)41(20-21-47(69)70)63-53(76)43(61-31(3)67)24-33-28-59-39-17-9-6-14-36(33)39/h5-10,13-18,27-30,41-45,49,58-60H,4,11-12,19-26H2,1-3H3,(H2,56,73)(H,57,74)(H,61,67)(H,62,68)(H,63,76)(H,64,77)(H,65,75)(H,66,78)(H,69,70)(H,71,72)/t30-,41-,42-,43-,44-,45-,49-/m0/s1. The van der Waals surface area contributed by atoms with Gasteiger partial charge in [-0.05, 0) is 60.1 Å². The number of primary amides is 1. The van der Waals surface area contributed by atoms with Crippen molar-refractivity contribution in [2.45, 2.75) is 121 Å². The molecule has 0 radical (unpaired) electrons. The van der Waals surface area contributed by atoms with Crippen LogP contribution in [0.5, 0.6) is 0 Å². The zero-order chi connectivity index (χ0) is 56.5. The molecule has 0 aliphatic heterocycles. The molecule has 0 bridgehead atoms. The van der Waals surface area contributed by atoms with Crippen molar-refractivity contribution in [1.29, 1.82) is 0 Å². The van der Waals surface area contributed by atoms with E-state index in [1.807, 2.05) is 55.5 Å². The van der Waals surface area contributed by atoms with Gasteiger partial charge >= 0.3 is 11.9 Å². The van der Waals surface area contributed by atoms with Gasteiger partial charge in [-0.15, -0.1) is 0 Å². The Bertz CT molecular complexity index is 3140. The Balaban J connectivity index is 1.12. The number of fused-ring (bicyclic) bond motifs is 3. The number of carboxylic acids is 2. The summed E-state index contributed by atoms with van der Waals surface area (Å²) in [6, 6.07) is 13.8. The summed E-state index contributed by atoms with van der Waals surface area (Å²) in [6.45, 7) is 4.85. The Labute approximate surface area is 448 Å². The molecule has 8 amide bonds. The number of carbonyl (C=O) groups excluding carboxylic acids is 8. The molecule has 7 atom stereocenters. The average molecular weight is 1070 g/mol. The Morgan fingerprint density at radius 3 is 1.44 bits per heavy atom. The van der Waals surface area contributed by atoms with Crippen LogP contribution in [-0.2, 0) is 67.2 Å². The topological polar surface area (TPSA) is 369 Å². The number of carbonyl (C=O) groups is 10. The number of para-hydroxylation sites is 3. The molecule has 23 heteroatoms. The largest absolute Gasteiger partial charge is 0.481 e. The highest BCUT2D eigenvalue weighted by Gasteiger charge is 2.34. The SMILES string of the molecule is CC[C@H](C)[C@H](NC(=O)[C@H](Cc1c[nH]c2ccccc12)NC(=O)CCCCNC(=O)[C@H](Cc1c[nH]c2ccccc12)NC(=O)[C@H](CC(=O)O)NC(=O)[C@H](CCC(=O)O)NC(=O)[C@H](Cc1c[nH]c2ccccc12)NC(C)=O)C(N)=O. The first-order valence-electron chi connectivity index (χ1n) is 25.7. The van der Waals surface area contributed by atoms with Crippen LogP contribution in [0.15, 0.2) is 91.4 Å². The van der Waals surface area contributed by atoms with Gasteiger partial charge < -0.3 is 68.1 Å². The van der Waals surface area contributed by atoms with Gasteiger partial charge in [0.15, 0.2) is 0 Å². The number of carboxylic acid groups (broad SMARTS) is 2. The third-order valence-corrected chi connectivity index (χ3v) is 13.5. The molecule has 0 saturated carbocycles. The summed E-state index contributed by atoms with van der Waals surface area (Å²) in [5.41, 5.74) is 10.00. The molecule has 414 valence electrons. The summed E-state index contributed by atoms with van der Waals surface area (Å²) in [7, 11) is 0. The van der Waals surface area contributed by atoms with Gasteiger partial charge in [-0.2, -0.15) is 0 Å². The molecule has 0 saturated heterocycles. The number of nitrogens with two attached hydrogens (primary N) is 1. The van der Waals surface area contributed by atoms with Crippen molar-refractivity contribution in [1.82, 2.24) is 52.2 Å². The van der Waals surface area contributed by atoms with Crippen molar-refractivity contribution in [3.63, 3.8) is 0 Å². The lowest BCUT2D eigenvalue weighted by molar-refractivity contribution is -0.141. The number of amides is 8. The minimum absolute atomic E-state index is 0.0147. The smallest absolute Gasteiger partial charge is 0.305 e. The van der Waals surface area contributed by atoms with Crippen molar-refractivity contribution < 1.29 is 58.2 Å². The molecule has 78 heavy (non-hydrogen) atoms. The number of hydrogen-bond acceptors (Lipinski definition) is 10. The fourth-order valence-corrected chi connectivity index (χ4v) is 9.17. The summed E-state index contributed by atoms with van der Waals surface area (Å²) >= 11 is 0. The number of aromatic amines is 3.